The zero-order valence-corrected chi connectivity index (χ0v) is 33.3. The summed E-state index contributed by atoms with van der Waals surface area (Å²) in [6.45, 7) is 16.8. The quantitative estimate of drug-likeness (QED) is 0.127. The minimum Gasteiger partial charge on any atom is -0.346 e. The van der Waals surface area contributed by atoms with Gasteiger partial charge in [0.25, 0.3) is 5.91 Å². The highest BCUT2D eigenvalue weighted by Crippen LogP contribution is 2.65. The van der Waals surface area contributed by atoms with E-state index >= 15 is 0 Å². The van der Waals surface area contributed by atoms with Crippen LogP contribution < -0.4 is 21.3 Å². The largest absolute Gasteiger partial charge is 0.346 e. The van der Waals surface area contributed by atoms with Gasteiger partial charge in [0.15, 0.2) is 0 Å². The van der Waals surface area contributed by atoms with Crippen molar-refractivity contribution >= 4 is 74.1 Å². The van der Waals surface area contributed by atoms with Crippen molar-refractivity contribution in [1.29, 1.82) is 0 Å². The molecule has 2 aliphatic heterocycles. The van der Waals surface area contributed by atoms with Crippen molar-refractivity contribution in [3.05, 3.63) is 29.0 Å². The molecule has 13 nitrogen and oxygen atoms in total. The first-order valence-electron chi connectivity index (χ1n) is 17.1. The average Bonchev–Trinajstić information content (AvgIpc) is 3.48. The number of piperidine rings is 1. The molecule has 1 saturated heterocycles. The van der Waals surface area contributed by atoms with E-state index in [1.54, 1.807) is 32.2 Å². The molecule has 6 atom stereocenters. The number of thiophene rings is 1. The number of alkyl halides is 2. The molecule has 1 unspecified atom stereocenters. The standard InChI is InChI=1S/C34H50Cl2N6O7S2/c1-9-11-12-20(26(43)29(45)37-14-10-2)38-28(44)25-24-19(34(24,35)36)16-42(25)30(46)27(33(6,7)8)40-31(47)39-23(32(3,4)5)18-41-17-21-22(13-15-50-21)51(41,48)49/h10,13,15,19-20,23-25,27H,2,9,11-12,14,16-18H2,1,3-8H3,(H,37,45)(H,38,44)(H2,39,40,47)/t19-,20?,23+,24-,25-,27+/m0/s1. The Kier molecular flexibility index (Phi) is 12.3. The predicted octanol–water partition coefficient (Wildman–Crippen LogP) is 3.56. The number of hydrogen-bond acceptors (Lipinski definition) is 8. The van der Waals surface area contributed by atoms with E-state index in [1.165, 1.54) is 26.6 Å². The third kappa shape index (κ3) is 8.75. The highest BCUT2D eigenvalue weighted by molar-refractivity contribution is 7.89. The number of urea groups is 1. The summed E-state index contributed by atoms with van der Waals surface area (Å²) < 4.78 is 26.5. The highest BCUT2D eigenvalue weighted by atomic mass is 35.5. The van der Waals surface area contributed by atoms with Crippen LogP contribution in [0.25, 0.3) is 0 Å². The van der Waals surface area contributed by atoms with Crippen LogP contribution >= 0.6 is 34.5 Å². The van der Waals surface area contributed by atoms with Gasteiger partial charge in [-0.1, -0.05) is 67.4 Å². The van der Waals surface area contributed by atoms with Gasteiger partial charge < -0.3 is 26.2 Å². The zero-order chi connectivity index (χ0) is 38.3. The van der Waals surface area contributed by atoms with Gasteiger partial charge in [-0.15, -0.1) is 41.1 Å². The van der Waals surface area contributed by atoms with E-state index in [1.807, 2.05) is 27.7 Å². The third-order valence-corrected chi connectivity index (χ3v) is 13.8. The molecule has 0 spiro atoms. The molecule has 1 aromatic heterocycles. The fourth-order valence-electron chi connectivity index (χ4n) is 6.58. The van der Waals surface area contributed by atoms with Gasteiger partial charge in [-0.2, -0.15) is 4.31 Å². The first-order valence-corrected chi connectivity index (χ1v) is 20.2. The zero-order valence-electron chi connectivity index (χ0n) is 30.2. The molecule has 1 aliphatic carbocycles. The number of likely N-dealkylation sites (tertiary alicyclic amines) is 1. The van der Waals surface area contributed by atoms with Gasteiger partial charge in [0, 0.05) is 48.9 Å². The van der Waals surface area contributed by atoms with Crippen LogP contribution in [0.4, 0.5) is 4.79 Å². The Labute approximate surface area is 314 Å². The van der Waals surface area contributed by atoms with E-state index in [9.17, 15) is 32.4 Å². The number of amides is 5. The molecule has 3 heterocycles. The van der Waals surface area contributed by atoms with Crippen molar-refractivity contribution in [2.24, 2.45) is 22.7 Å². The van der Waals surface area contributed by atoms with Gasteiger partial charge in [0.2, 0.25) is 27.6 Å². The Morgan fingerprint density at radius 1 is 1.08 bits per heavy atom. The van der Waals surface area contributed by atoms with Crippen LogP contribution in [0.1, 0.15) is 72.6 Å². The van der Waals surface area contributed by atoms with Crippen LogP contribution in [0.15, 0.2) is 29.0 Å². The molecule has 5 amide bonds. The highest BCUT2D eigenvalue weighted by Gasteiger charge is 2.74. The van der Waals surface area contributed by atoms with Crippen LogP contribution in [0, 0.1) is 22.7 Å². The smallest absolute Gasteiger partial charge is 0.315 e. The van der Waals surface area contributed by atoms with Crippen LogP contribution in [0.5, 0.6) is 0 Å². The van der Waals surface area contributed by atoms with Crippen LogP contribution in [-0.4, -0.2) is 95.3 Å². The van der Waals surface area contributed by atoms with Crippen LogP contribution in [0.3, 0.4) is 0 Å². The molecule has 4 rings (SSSR count). The summed E-state index contributed by atoms with van der Waals surface area (Å²) in [5.74, 6) is -3.96. The number of carbonyl (C=O) groups excluding carboxylic acids is 5. The Bertz CT molecular complexity index is 1650. The number of fused-ring (bicyclic) bond motifs is 2. The molecule has 284 valence electrons. The summed E-state index contributed by atoms with van der Waals surface area (Å²) in [6.07, 6.45) is 2.90. The first-order chi connectivity index (χ1) is 23.6. The summed E-state index contributed by atoms with van der Waals surface area (Å²) in [7, 11) is -3.71. The number of halogens is 2. The lowest BCUT2D eigenvalue weighted by Gasteiger charge is -2.38. The lowest BCUT2D eigenvalue weighted by molar-refractivity contribution is -0.144. The summed E-state index contributed by atoms with van der Waals surface area (Å²) in [5.41, 5.74) is -1.41. The monoisotopic (exact) mass is 788 g/mol. The average molecular weight is 790 g/mol. The Morgan fingerprint density at radius 3 is 2.31 bits per heavy atom. The molecule has 1 aromatic rings. The van der Waals surface area contributed by atoms with Crippen LogP contribution in [0.2, 0.25) is 0 Å². The van der Waals surface area contributed by atoms with Crippen molar-refractivity contribution in [2.75, 3.05) is 19.6 Å². The third-order valence-electron chi connectivity index (χ3n) is 9.76. The van der Waals surface area contributed by atoms with Crippen LogP contribution in [-0.2, 0) is 35.7 Å². The molecule has 0 aromatic carbocycles. The van der Waals surface area contributed by atoms with E-state index in [-0.39, 0.29) is 37.5 Å². The van der Waals surface area contributed by atoms with E-state index in [2.05, 4.69) is 27.8 Å². The van der Waals surface area contributed by atoms with Gasteiger partial charge in [-0.05, 0) is 28.7 Å². The van der Waals surface area contributed by atoms with E-state index in [0.29, 0.717) is 12.8 Å². The number of carbonyl (C=O) groups is 5. The maximum atomic E-state index is 14.4. The fraction of sp³-hybridized carbons (Fsp3) is 0.676. The molecule has 2 fully saturated rings. The second-order valence-electron chi connectivity index (χ2n) is 15.6. The van der Waals surface area contributed by atoms with Crippen molar-refractivity contribution in [3.8, 4) is 0 Å². The van der Waals surface area contributed by atoms with Gasteiger partial charge in [-0.3, -0.25) is 19.2 Å². The second kappa shape index (κ2) is 15.3. The second-order valence-corrected chi connectivity index (χ2v) is 20.0. The van der Waals surface area contributed by atoms with Crippen molar-refractivity contribution in [3.63, 3.8) is 0 Å². The molecule has 1 saturated carbocycles. The summed E-state index contributed by atoms with van der Waals surface area (Å²) in [4.78, 5) is 69.9. The van der Waals surface area contributed by atoms with Gasteiger partial charge in [-0.25, -0.2) is 13.2 Å². The predicted molar refractivity (Wildman–Crippen MR) is 197 cm³/mol. The maximum Gasteiger partial charge on any atom is 0.315 e. The van der Waals surface area contributed by atoms with Crippen molar-refractivity contribution in [2.45, 2.75) is 108 Å². The SMILES string of the molecule is C=CCNC(=O)C(=O)C(CCCC)NC(=O)[C@@H]1[C@@H]2[C@H](CN1C(=O)[C@@H](NC(=O)N[C@H](CN1Cc3sccc3S1(=O)=O)C(C)(C)C)C(C)(C)C)C2(Cl)Cl. The normalized spacial score (nSPS) is 23.6. The molecule has 51 heavy (non-hydrogen) atoms. The number of rotatable bonds is 14. The number of nitrogens with one attached hydrogen (secondary N) is 4. The fourth-order valence-corrected chi connectivity index (χ4v) is 10.3. The molecule has 4 N–H and O–H groups in total. The molecule has 3 aliphatic rings. The molecular formula is C34H50Cl2N6O7S2. The Hall–Kier alpha value is -2.72. The molecule has 0 radical (unpaired) electrons. The lowest BCUT2D eigenvalue weighted by Crippen LogP contribution is -2.62. The van der Waals surface area contributed by atoms with Crippen molar-refractivity contribution < 1.29 is 32.4 Å². The van der Waals surface area contributed by atoms with E-state index in [4.69, 9.17) is 23.2 Å². The van der Waals surface area contributed by atoms with E-state index < -0.39 is 90.7 Å². The van der Waals surface area contributed by atoms with Crippen molar-refractivity contribution in [1.82, 2.24) is 30.5 Å². The topological polar surface area (TPSA) is 174 Å². The number of ketones is 1. The summed E-state index contributed by atoms with van der Waals surface area (Å²) >= 11 is 14.5. The molecular weight excluding hydrogens is 739 g/mol. The number of nitrogens with zero attached hydrogens (tertiary/aromatic N) is 2. The number of Topliss-reactive ketones (excluding diaryl/α,β-unsaturated/α-hetero) is 1. The van der Waals surface area contributed by atoms with E-state index in [0.717, 1.165) is 4.88 Å². The number of hydrogen-bond donors (Lipinski definition) is 4. The minimum atomic E-state index is -3.71. The first kappa shape index (κ1) is 41.0. The summed E-state index contributed by atoms with van der Waals surface area (Å²) in [6, 6.07) is -3.16. The minimum absolute atomic E-state index is 0.0174. The Morgan fingerprint density at radius 2 is 1.75 bits per heavy atom. The van der Waals surface area contributed by atoms with Gasteiger partial charge >= 0.3 is 6.03 Å². The molecule has 17 heteroatoms. The molecule has 0 bridgehead atoms. The summed E-state index contributed by atoms with van der Waals surface area (Å²) in [5, 5.41) is 12.6. The Balaban J connectivity index is 1.53. The van der Waals surface area contributed by atoms with Gasteiger partial charge in [0.1, 0.15) is 16.4 Å². The maximum absolute atomic E-state index is 14.4. The lowest BCUT2D eigenvalue weighted by atomic mass is 9.85. The number of unbranched alkanes of at least 4 members (excludes halogenated alkanes) is 1. The number of sulfonamides is 1. The van der Waals surface area contributed by atoms with Gasteiger partial charge in [0.05, 0.1) is 10.9 Å².